The van der Waals surface area contributed by atoms with E-state index < -0.39 is 0 Å². The SMILES string of the molecule is CCOc1ccccc1-n1c(SCC(=O)NCCC(C)C)nc2ccccc2c1=O. The molecular weight excluding hydrogens is 398 g/mol. The number of hydrogen-bond donors (Lipinski definition) is 1. The van der Waals surface area contributed by atoms with Crippen molar-refractivity contribution in [1.29, 1.82) is 0 Å². The van der Waals surface area contributed by atoms with E-state index in [1.807, 2.05) is 49.4 Å². The first-order valence-corrected chi connectivity index (χ1v) is 11.1. The molecule has 1 heterocycles. The fraction of sp³-hybridized carbons (Fsp3) is 0.348. The molecule has 1 amide bonds. The van der Waals surface area contributed by atoms with Crippen molar-refractivity contribution in [1.82, 2.24) is 14.9 Å². The Balaban J connectivity index is 1.98. The van der Waals surface area contributed by atoms with Gasteiger partial charge in [0, 0.05) is 6.54 Å². The van der Waals surface area contributed by atoms with Gasteiger partial charge in [-0.05, 0) is 43.5 Å². The van der Waals surface area contributed by atoms with E-state index in [1.165, 1.54) is 11.8 Å². The predicted molar refractivity (Wildman–Crippen MR) is 122 cm³/mol. The summed E-state index contributed by atoms with van der Waals surface area (Å²) in [6.45, 7) is 7.26. The van der Waals surface area contributed by atoms with E-state index in [4.69, 9.17) is 4.74 Å². The zero-order valence-electron chi connectivity index (χ0n) is 17.6. The Hall–Kier alpha value is -2.80. The second-order valence-corrected chi connectivity index (χ2v) is 8.22. The summed E-state index contributed by atoms with van der Waals surface area (Å²) in [6.07, 6.45) is 0.928. The van der Waals surface area contributed by atoms with Crippen molar-refractivity contribution in [3.05, 3.63) is 58.9 Å². The van der Waals surface area contributed by atoms with Gasteiger partial charge in [-0.3, -0.25) is 14.2 Å². The van der Waals surface area contributed by atoms with Crippen molar-refractivity contribution in [3.8, 4) is 11.4 Å². The van der Waals surface area contributed by atoms with Crippen LogP contribution in [0.1, 0.15) is 27.2 Å². The van der Waals surface area contributed by atoms with Gasteiger partial charge in [0.1, 0.15) is 5.75 Å². The zero-order chi connectivity index (χ0) is 21.5. The Morgan fingerprint density at radius 2 is 1.90 bits per heavy atom. The molecule has 0 radical (unpaired) electrons. The van der Waals surface area contributed by atoms with Crippen molar-refractivity contribution >= 4 is 28.6 Å². The molecule has 0 atom stereocenters. The number of hydrogen-bond acceptors (Lipinski definition) is 5. The summed E-state index contributed by atoms with van der Waals surface area (Å²) in [5, 5.41) is 3.91. The number of para-hydroxylation sites is 3. The van der Waals surface area contributed by atoms with Crippen LogP contribution in [0.25, 0.3) is 16.6 Å². The smallest absolute Gasteiger partial charge is 0.266 e. The number of nitrogens with zero attached hydrogens (tertiary/aromatic N) is 2. The van der Waals surface area contributed by atoms with Crippen LogP contribution in [0.2, 0.25) is 0 Å². The molecule has 30 heavy (non-hydrogen) atoms. The van der Waals surface area contributed by atoms with Crippen molar-refractivity contribution in [2.24, 2.45) is 5.92 Å². The molecule has 158 valence electrons. The molecule has 0 aliphatic rings. The predicted octanol–water partition coefficient (Wildman–Crippen LogP) is 4.04. The number of fused-ring (bicyclic) bond motifs is 1. The molecule has 0 bridgehead atoms. The van der Waals surface area contributed by atoms with Crippen LogP contribution in [0.3, 0.4) is 0 Å². The van der Waals surface area contributed by atoms with Crippen LogP contribution in [-0.2, 0) is 4.79 Å². The van der Waals surface area contributed by atoms with Gasteiger partial charge in [-0.2, -0.15) is 0 Å². The van der Waals surface area contributed by atoms with Gasteiger partial charge in [-0.1, -0.05) is 49.9 Å². The number of nitrogens with one attached hydrogen (secondary N) is 1. The first kappa shape index (κ1) is 21.9. The Bertz CT molecular complexity index is 1080. The fourth-order valence-corrected chi connectivity index (χ4v) is 3.86. The van der Waals surface area contributed by atoms with E-state index in [0.29, 0.717) is 46.6 Å². The van der Waals surface area contributed by atoms with E-state index in [2.05, 4.69) is 24.1 Å². The van der Waals surface area contributed by atoms with E-state index in [1.54, 1.807) is 10.6 Å². The molecule has 0 spiro atoms. The normalized spacial score (nSPS) is 11.1. The van der Waals surface area contributed by atoms with Crippen LogP contribution in [0, 0.1) is 5.92 Å². The van der Waals surface area contributed by atoms with Crippen molar-refractivity contribution in [2.75, 3.05) is 18.9 Å². The van der Waals surface area contributed by atoms with Gasteiger partial charge in [0.2, 0.25) is 5.91 Å². The number of rotatable bonds is 9. The minimum atomic E-state index is -0.185. The Morgan fingerprint density at radius 1 is 1.17 bits per heavy atom. The van der Waals surface area contributed by atoms with Crippen molar-refractivity contribution in [3.63, 3.8) is 0 Å². The van der Waals surface area contributed by atoms with Gasteiger partial charge in [0.15, 0.2) is 5.16 Å². The summed E-state index contributed by atoms with van der Waals surface area (Å²) in [7, 11) is 0. The Labute approximate surface area is 180 Å². The Morgan fingerprint density at radius 3 is 2.67 bits per heavy atom. The van der Waals surface area contributed by atoms with Gasteiger partial charge in [0.25, 0.3) is 5.56 Å². The third-order valence-corrected chi connectivity index (χ3v) is 5.47. The third-order valence-electron chi connectivity index (χ3n) is 4.53. The largest absolute Gasteiger partial charge is 0.492 e. The molecule has 2 aromatic carbocycles. The summed E-state index contributed by atoms with van der Waals surface area (Å²) >= 11 is 1.25. The number of carbonyl (C=O) groups is 1. The highest BCUT2D eigenvalue weighted by Gasteiger charge is 2.17. The topological polar surface area (TPSA) is 73.2 Å². The minimum Gasteiger partial charge on any atom is -0.492 e. The number of amides is 1. The molecule has 6 nitrogen and oxygen atoms in total. The van der Waals surface area contributed by atoms with Gasteiger partial charge in [-0.15, -0.1) is 0 Å². The first-order valence-electron chi connectivity index (χ1n) is 10.1. The van der Waals surface area contributed by atoms with Gasteiger partial charge in [0.05, 0.1) is 29.0 Å². The van der Waals surface area contributed by atoms with E-state index in [9.17, 15) is 9.59 Å². The maximum atomic E-state index is 13.4. The maximum absolute atomic E-state index is 13.4. The molecule has 3 aromatic rings. The lowest BCUT2D eigenvalue weighted by molar-refractivity contribution is -0.118. The molecule has 7 heteroatoms. The summed E-state index contributed by atoms with van der Waals surface area (Å²) in [4.78, 5) is 30.3. The molecule has 3 rings (SSSR count). The molecule has 0 saturated carbocycles. The van der Waals surface area contributed by atoms with Crippen LogP contribution in [0.5, 0.6) is 5.75 Å². The average Bonchev–Trinajstić information content (AvgIpc) is 2.73. The second-order valence-electron chi connectivity index (χ2n) is 7.27. The molecule has 1 aromatic heterocycles. The summed E-state index contributed by atoms with van der Waals surface area (Å²) < 4.78 is 7.28. The van der Waals surface area contributed by atoms with E-state index in [-0.39, 0.29) is 17.2 Å². The number of benzene rings is 2. The van der Waals surface area contributed by atoms with Crippen LogP contribution in [-0.4, -0.2) is 34.4 Å². The monoisotopic (exact) mass is 425 g/mol. The molecule has 0 fully saturated rings. The maximum Gasteiger partial charge on any atom is 0.266 e. The third kappa shape index (κ3) is 5.21. The van der Waals surface area contributed by atoms with Crippen LogP contribution < -0.4 is 15.6 Å². The lowest BCUT2D eigenvalue weighted by Crippen LogP contribution is -2.28. The van der Waals surface area contributed by atoms with Gasteiger partial charge in [-0.25, -0.2) is 4.98 Å². The highest BCUT2D eigenvalue weighted by Crippen LogP contribution is 2.27. The standard InChI is InChI=1S/C23H27N3O3S/c1-4-29-20-12-8-7-11-19(20)26-22(28)17-9-5-6-10-18(17)25-23(26)30-15-21(27)24-14-13-16(2)3/h5-12,16H,4,13-15H2,1-3H3,(H,24,27). The second kappa shape index (κ2) is 10.3. The first-order chi connectivity index (χ1) is 14.5. The molecule has 0 aliphatic heterocycles. The van der Waals surface area contributed by atoms with E-state index in [0.717, 1.165) is 6.42 Å². The molecule has 0 aliphatic carbocycles. The van der Waals surface area contributed by atoms with Gasteiger partial charge < -0.3 is 10.1 Å². The zero-order valence-corrected chi connectivity index (χ0v) is 18.4. The number of thioether (sulfide) groups is 1. The van der Waals surface area contributed by atoms with Crippen LogP contribution in [0.15, 0.2) is 58.5 Å². The quantitative estimate of drug-likeness (QED) is 0.414. The van der Waals surface area contributed by atoms with Crippen molar-refractivity contribution < 1.29 is 9.53 Å². The van der Waals surface area contributed by atoms with Crippen molar-refractivity contribution in [2.45, 2.75) is 32.3 Å². The minimum absolute atomic E-state index is 0.0762. The highest BCUT2D eigenvalue weighted by molar-refractivity contribution is 7.99. The Kier molecular flexibility index (Phi) is 7.52. The van der Waals surface area contributed by atoms with Crippen LogP contribution in [0.4, 0.5) is 0 Å². The van der Waals surface area contributed by atoms with E-state index >= 15 is 0 Å². The molecule has 0 saturated heterocycles. The summed E-state index contributed by atoms with van der Waals surface area (Å²) in [5.74, 6) is 1.23. The highest BCUT2D eigenvalue weighted by atomic mass is 32.2. The number of carbonyl (C=O) groups excluding carboxylic acids is 1. The number of ether oxygens (including phenoxy) is 1. The lowest BCUT2D eigenvalue weighted by atomic mass is 10.1. The van der Waals surface area contributed by atoms with Gasteiger partial charge >= 0.3 is 0 Å². The lowest BCUT2D eigenvalue weighted by Gasteiger charge is -2.16. The summed E-state index contributed by atoms with van der Waals surface area (Å²) in [5.41, 5.74) is 1.04. The fourth-order valence-electron chi connectivity index (χ4n) is 3.02. The molecular formula is C23H27N3O3S. The summed E-state index contributed by atoms with van der Waals surface area (Å²) in [6, 6.07) is 14.6. The van der Waals surface area contributed by atoms with Crippen LogP contribution >= 0.6 is 11.8 Å². The average molecular weight is 426 g/mol. The molecule has 1 N–H and O–H groups in total. The molecule has 0 unspecified atom stereocenters. The number of aromatic nitrogens is 2.